The van der Waals surface area contributed by atoms with E-state index in [2.05, 4.69) is 20.6 Å². The predicted octanol–water partition coefficient (Wildman–Crippen LogP) is 4.54. The third-order valence-electron chi connectivity index (χ3n) is 4.85. The topological polar surface area (TPSA) is 121 Å². The van der Waals surface area contributed by atoms with Crippen molar-refractivity contribution in [2.75, 3.05) is 0 Å². The number of ether oxygens (including phenoxy) is 1. The number of rotatable bonds is 6. The third-order valence-corrected chi connectivity index (χ3v) is 4.85. The zero-order chi connectivity index (χ0) is 23.6. The van der Waals surface area contributed by atoms with Gasteiger partial charge in [-0.25, -0.2) is 4.79 Å². The number of nitrogens with one attached hydrogen (secondary N) is 1. The van der Waals surface area contributed by atoms with Crippen LogP contribution in [0.25, 0.3) is 22.5 Å². The van der Waals surface area contributed by atoms with Crippen LogP contribution < -0.4 is 4.74 Å². The van der Waals surface area contributed by atoms with E-state index in [4.69, 9.17) is 4.74 Å². The minimum Gasteiger partial charge on any atom is -0.506 e. The molecule has 168 valence electrons. The fourth-order valence-electron chi connectivity index (χ4n) is 3.22. The van der Waals surface area contributed by atoms with Crippen LogP contribution in [0.15, 0.2) is 60.7 Å². The van der Waals surface area contributed by atoms with Gasteiger partial charge in [-0.15, -0.1) is 10.2 Å². The minimum absolute atomic E-state index is 0.0888. The fourth-order valence-corrected chi connectivity index (χ4v) is 3.22. The first-order chi connectivity index (χ1) is 15.7. The van der Waals surface area contributed by atoms with Gasteiger partial charge in [0.05, 0.1) is 5.56 Å². The van der Waals surface area contributed by atoms with Crippen LogP contribution >= 0.6 is 0 Å². The molecule has 1 aromatic heterocycles. The molecule has 0 saturated heterocycles. The molecule has 0 radical (unpaired) electrons. The van der Waals surface area contributed by atoms with Gasteiger partial charge in [0.15, 0.2) is 0 Å². The van der Waals surface area contributed by atoms with Crippen molar-refractivity contribution in [3.8, 4) is 34.0 Å². The molecule has 8 nitrogen and oxygen atoms in total. The van der Waals surface area contributed by atoms with E-state index in [0.717, 1.165) is 22.8 Å². The van der Waals surface area contributed by atoms with E-state index in [1.807, 2.05) is 24.3 Å². The van der Waals surface area contributed by atoms with E-state index in [1.54, 1.807) is 24.3 Å². The lowest BCUT2D eigenvalue weighted by Gasteiger charge is -2.15. The van der Waals surface area contributed by atoms with Crippen molar-refractivity contribution in [3.63, 3.8) is 0 Å². The van der Waals surface area contributed by atoms with Gasteiger partial charge in [0.25, 0.3) is 0 Å². The summed E-state index contributed by atoms with van der Waals surface area (Å²) in [6.45, 7) is -0.341. The van der Waals surface area contributed by atoms with Gasteiger partial charge in [-0.3, -0.25) is 0 Å². The second kappa shape index (κ2) is 8.61. The molecule has 0 unspecified atom stereocenters. The Bertz CT molecular complexity index is 1270. The van der Waals surface area contributed by atoms with Crippen LogP contribution in [0.2, 0.25) is 0 Å². The molecule has 3 N–H and O–H groups in total. The number of aromatic carboxylic acids is 1. The number of aromatic amines is 1. The highest BCUT2D eigenvalue weighted by Crippen LogP contribution is 2.39. The van der Waals surface area contributed by atoms with Gasteiger partial charge in [0, 0.05) is 11.1 Å². The number of alkyl halides is 3. The van der Waals surface area contributed by atoms with Crippen LogP contribution in [0.5, 0.6) is 11.5 Å². The van der Waals surface area contributed by atoms with Crippen LogP contribution in [0.1, 0.15) is 21.5 Å². The number of aromatic nitrogens is 4. The van der Waals surface area contributed by atoms with E-state index in [-0.39, 0.29) is 12.2 Å². The monoisotopic (exact) mass is 456 g/mol. The SMILES string of the molecule is O=C(O)c1c(COc2ccc(-c3ccc(-c4nn[nH]n4)cc3)cc2)ccc(C(F)(F)F)c1O. The summed E-state index contributed by atoms with van der Waals surface area (Å²) in [5.74, 6) is -2.18. The molecule has 11 heteroatoms. The van der Waals surface area contributed by atoms with Crippen molar-refractivity contribution in [3.05, 3.63) is 77.4 Å². The Morgan fingerprint density at radius 1 is 0.939 bits per heavy atom. The summed E-state index contributed by atoms with van der Waals surface area (Å²) in [5, 5.41) is 32.9. The van der Waals surface area contributed by atoms with Crippen molar-refractivity contribution in [2.45, 2.75) is 12.8 Å². The van der Waals surface area contributed by atoms with Crippen molar-refractivity contribution >= 4 is 5.97 Å². The number of carbonyl (C=O) groups is 1. The number of carboxylic acids is 1. The molecule has 0 amide bonds. The summed E-state index contributed by atoms with van der Waals surface area (Å²) in [6, 6.07) is 15.9. The molecule has 4 rings (SSSR count). The number of hydrogen-bond acceptors (Lipinski definition) is 6. The summed E-state index contributed by atoms with van der Waals surface area (Å²) in [4.78, 5) is 11.4. The number of nitrogens with zero attached hydrogens (tertiary/aromatic N) is 3. The lowest BCUT2D eigenvalue weighted by molar-refractivity contribution is -0.138. The second-order valence-corrected chi connectivity index (χ2v) is 6.92. The van der Waals surface area contributed by atoms with E-state index in [0.29, 0.717) is 17.6 Å². The number of hydrogen-bond donors (Lipinski definition) is 3. The molecule has 4 aromatic rings. The van der Waals surface area contributed by atoms with Gasteiger partial charge in [-0.2, -0.15) is 18.4 Å². The summed E-state index contributed by atoms with van der Waals surface area (Å²) < 4.78 is 44.4. The average molecular weight is 456 g/mol. The molecular formula is C22H15F3N4O4. The Hall–Kier alpha value is -4.41. The molecule has 1 heterocycles. The predicted molar refractivity (Wildman–Crippen MR) is 109 cm³/mol. The maximum atomic E-state index is 13.0. The maximum absolute atomic E-state index is 13.0. The smallest absolute Gasteiger partial charge is 0.419 e. The molecule has 0 saturated carbocycles. The average Bonchev–Trinajstić information content (AvgIpc) is 3.32. The number of aromatic hydroxyl groups is 1. The van der Waals surface area contributed by atoms with Gasteiger partial charge >= 0.3 is 12.1 Å². The van der Waals surface area contributed by atoms with Crippen molar-refractivity contribution in [1.82, 2.24) is 20.6 Å². The molecule has 0 fully saturated rings. The largest absolute Gasteiger partial charge is 0.506 e. The Morgan fingerprint density at radius 2 is 1.55 bits per heavy atom. The van der Waals surface area contributed by atoms with Gasteiger partial charge in [0.2, 0.25) is 5.82 Å². The van der Waals surface area contributed by atoms with Crippen LogP contribution in [0, 0.1) is 0 Å². The maximum Gasteiger partial charge on any atom is 0.419 e. The zero-order valence-electron chi connectivity index (χ0n) is 16.7. The van der Waals surface area contributed by atoms with Crippen LogP contribution in [0.3, 0.4) is 0 Å². The number of phenols is 1. The van der Waals surface area contributed by atoms with Crippen LogP contribution in [-0.2, 0) is 12.8 Å². The standard InChI is InChI=1S/C22H15F3N4O4/c23-22(24,25)17-10-7-15(18(19(17)30)21(31)32)11-33-16-8-5-13(6-9-16)12-1-3-14(4-2-12)20-26-28-29-27-20/h1-10,30H,11H2,(H,31,32)(H,26,27,28,29). The Labute approximate surface area is 184 Å². The summed E-state index contributed by atoms with van der Waals surface area (Å²) >= 11 is 0. The first kappa shape index (κ1) is 21.8. The highest BCUT2D eigenvalue weighted by Gasteiger charge is 2.36. The Kier molecular flexibility index (Phi) is 5.69. The Balaban J connectivity index is 1.49. The minimum atomic E-state index is -4.88. The third kappa shape index (κ3) is 4.61. The Morgan fingerprint density at radius 3 is 2.09 bits per heavy atom. The van der Waals surface area contributed by atoms with Gasteiger partial charge in [0.1, 0.15) is 23.7 Å². The molecule has 33 heavy (non-hydrogen) atoms. The molecule has 0 spiro atoms. The van der Waals surface area contributed by atoms with E-state index >= 15 is 0 Å². The number of tetrazole rings is 1. The summed E-state index contributed by atoms with van der Waals surface area (Å²) in [5.41, 5.74) is 0.229. The van der Waals surface area contributed by atoms with E-state index in [1.165, 1.54) is 0 Å². The molecule has 0 bridgehead atoms. The molecule has 0 aliphatic rings. The van der Waals surface area contributed by atoms with E-state index in [9.17, 15) is 28.2 Å². The van der Waals surface area contributed by atoms with Crippen LogP contribution in [-0.4, -0.2) is 36.8 Å². The van der Waals surface area contributed by atoms with Crippen LogP contribution in [0.4, 0.5) is 13.2 Å². The van der Waals surface area contributed by atoms with Gasteiger partial charge in [-0.1, -0.05) is 42.5 Å². The molecule has 0 atom stereocenters. The number of benzene rings is 3. The second-order valence-electron chi connectivity index (χ2n) is 6.92. The molecular weight excluding hydrogens is 441 g/mol. The highest BCUT2D eigenvalue weighted by molar-refractivity contribution is 5.93. The number of carboxylic acid groups (broad SMARTS) is 1. The normalized spacial score (nSPS) is 11.4. The number of H-pyrrole nitrogens is 1. The first-order valence-corrected chi connectivity index (χ1v) is 9.46. The van der Waals surface area contributed by atoms with Crippen molar-refractivity contribution in [2.24, 2.45) is 0 Å². The van der Waals surface area contributed by atoms with Crippen molar-refractivity contribution < 1.29 is 32.9 Å². The quantitative estimate of drug-likeness (QED) is 0.390. The highest BCUT2D eigenvalue weighted by atomic mass is 19.4. The lowest BCUT2D eigenvalue weighted by atomic mass is 10.0. The van der Waals surface area contributed by atoms with Gasteiger partial charge in [-0.05, 0) is 34.5 Å². The molecule has 3 aromatic carbocycles. The van der Waals surface area contributed by atoms with Gasteiger partial charge < -0.3 is 14.9 Å². The molecule has 0 aliphatic carbocycles. The van der Waals surface area contributed by atoms with E-state index < -0.39 is 29.0 Å². The first-order valence-electron chi connectivity index (χ1n) is 9.46. The molecule has 0 aliphatic heterocycles. The fraction of sp³-hybridized carbons (Fsp3) is 0.0909. The summed E-state index contributed by atoms with van der Waals surface area (Å²) in [6.07, 6.45) is -4.88. The summed E-state index contributed by atoms with van der Waals surface area (Å²) in [7, 11) is 0. The lowest BCUT2D eigenvalue weighted by Crippen LogP contribution is -2.12. The van der Waals surface area contributed by atoms with Crippen molar-refractivity contribution in [1.29, 1.82) is 0 Å². The zero-order valence-corrected chi connectivity index (χ0v) is 16.7. The number of halogens is 3.